The number of hydrogen-bond donors (Lipinski definition) is 2. The first-order valence-electron chi connectivity index (χ1n) is 6.27. The van der Waals surface area contributed by atoms with Crippen molar-refractivity contribution in [1.29, 1.82) is 0 Å². The van der Waals surface area contributed by atoms with Gasteiger partial charge >= 0.3 is 12.2 Å². The van der Waals surface area contributed by atoms with E-state index in [0.29, 0.717) is 0 Å². The Hall–Kier alpha value is -1.90. The predicted molar refractivity (Wildman–Crippen MR) is 71.3 cm³/mol. The molecule has 0 aromatic heterocycles. The topological polar surface area (TPSA) is 90.7 Å². The van der Waals surface area contributed by atoms with Crippen molar-refractivity contribution < 1.29 is 19.1 Å². The highest BCUT2D eigenvalue weighted by molar-refractivity contribution is 5.67. The fourth-order valence-electron chi connectivity index (χ4n) is 1.61. The zero-order chi connectivity index (χ0) is 14.7. The Kier molecular flexibility index (Phi) is 9.06. The molecular weight excluding hydrogens is 248 g/mol. The van der Waals surface area contributed by atoms with Gasteiger partial charge in [-0.25, -0.2) is 9.59 Å². The number of carbonyl (C=O) groups is 2. The number of nitrogens with one attached hydrogen (secondary N) is 1. The van der Waals surface area contributed by atoms with Crippen LogP contribution in [0.15, 0.2) is 0 Å². The summed E-state index contributed by atoms with van der Waals surface area (Å²) in [5.74, 6) is 2.45. The van der Waals surface area contributed by atoms with Gasteiger partial charge in [-0.05, 0) is 5.92 Å². The molecule has 2 unspecified atom stereocenters. The van der Waals surface area contributed by atoms with E-state index in [0.717, 1.165) is 12.8 Å². The average Bonchev–Trinajstić information content (AvgIpc) is 2.36. The second kappa shape index (κ2) is 10.1. The Labute approximate surface area is 114 Å². The van der Waals surface area contributed by atoms with E-state index in [1.54, 1.807) is 0 Å². The summed E-state index contributed by atoms with van der Waals surface area (Å²) in [4.78, 5) is 21.9. The van der Waals surface area contributed by atoms with Gasteiger partial charge in [0.2, 0.25) is 0 Å². The normalized spacial score (nSPS) is 12.9. The number of terminal acetylenes is 1. The maximum atomic E-state index is 11.3. The van der Waals surface area contributed by atoms with Crippen molar-refractivity contribution in [2.75, 3.05) is 19.8 Å². The second-order valence-corrected chi connectivity index (χ2v) is 4.31. The molecule has 0 aromatic rings. The van der Waals surface area contributed by atoms with Gasteiger partial charge in [0.1, 0.15) is 0 Å². The van der Waals surface area contributed by atoms with Crippen LogP contribution in [0.3, 0.4) is 0 Å². The summed E-state index contributed by atoms with van der Waals surface area (Å²) >= 11 is 0. The summed E-state index contributed by atoms with van der Waals surface area (Å²) < 4.78 is 9.81. The van der Waals surface area contributed by atoms with E-state index in [1.165, 1.54) is 0 Å². The Balaban J connectivity index is 4.21. The molecule has 0 spiro atoms. The predicted octanol–water partition coefficient (Wildman–Crippen LogP) is 1.49. The summed E-state index contributed by atoms with van der Waals surface area (Å²) in [6.07, 6.45) is 5.55. The first-order chi connectivity index (χ1) is 9.01. The molecule has 19 heavy (non-hydrogen) atoms. The standard InChI is InChI=1S/C13H22N2O4/c1-4-6-10(3)11(8-18-12(14)16)9-19-13(17)15-7-5-2/h2,10-11H,4,6-9H2,1,3H3,(H2,14,16)(H,15,17). The van der Waals surface area contributed by atoms with Crippen LogP contribution in [0.5, 0.6) is 0 Å². The third-order valence-corrected chi connectivity index (χ3v) is 2.75. The monoisotopic (exact) mass is 270 g/mol. The molecule has 0 aromatic carbocycles. The summed E-state index contributed by atoms with van der Waals surface area (Å²) in [6, 6.07) is 0. The molecule has 0 rings (SSSR count). The number of primary amides is 1. The van der Waals surface area contributed by atoms with Crippen LogP contribution in [0.2, 0.25) is 0 Å². The van der Waals surface area contributed by atoms with E-state index in [2.05, 4.69) is 18.2 Å². The lowest BCUT2D eigenvalue weighted by Gasteiger charge is -2.22. The minimum atomic E-state index is -0.828. The highest BCUT2D eigenvalue weighted by Gasteiger charge is 2.20. The van der Waals surface area contributed by atoms with Crippen LogP contribution in [0, 0.1) is 24.2 Å². The van der Waals surface area contributed by atoms with Crippen LogP contribution in [0.4, 0.5) is 9.59 Å². The smallest absolute Gasteiger partial charge is 0.407 e. The van der Waals surface area contributed by atoms with Crippen LogP contribution in [-0.4, -0.2) is 31.9 Å². The van der Waals surface area contributed by atoms with Crippen molar-refractivity contribution in [3.8, 4) is 12.3 Å². The van der Waals surface area contributed by atoms with Gasteiger partial charge in [0.25, 0.3) is 0 Å². The fourth-order valence-corrected chi connectivity index (χ4v) is 1.61. The maximum absolute atomic E-state index is 11.3. The Morgan fingerprint density at radius 2 is 2.00 bits per heavy atom. The largest absolute Gasteiger partial charge is 0.449 e. The third-order valence-electron chi connectivity index (χ3n) is 2.75. The molecule has 2 amide bonds. The highest BCUT2D eigenvalue weighted by atomic mass is 16.6. The van der Waals surface area contributed by atoms with Crippen LogP contribution in [0.1, 0.15) is 26.7 Å². The van der Waals surface area contributed by atoms with Crippen molar-refractivity contribution in [3.63, 3.8) is 0 Å². The van der Waals surface area contributed by atoms with Gasteiger partial charge in [0.15, 0.2) is 0 Å². The molecule has 0 saturated heterocycles. The summed E-state index contributed by atoms with van der Waals surface area (Å²) in [5.41, 5.74) is 4.93. The fraction of sp³-hybridized carbons (Fsp3) is 0.692. The minimum Gasteiger partial charge on any atom is -0.449 e. The van der Waals surface area contributed by atoms with Crippen LogP contribution in [-0.2, 0) is 9.47 Å². The highest BCUT2D eigenvalue weighted by Crippen LogP contribution is 2.18. The van der Waals surface area contributed by atoms with Crippen LogP contribution >= 0.6 is 0 Å². The number of carbonyl (C=O) groups excluding carboxylic acids is 2. The number of ether oxygens (including phenoxy) is 2. The SMILES string of the molecule is C#CCNC(=O)OCC(COC(N)=O)C(C)CCC. The lowest BCUT2D eigenvalue weighted by atomic mass is 9.91. The Morgan fingerprint density at radius 3 is 2.53 bits per heavy atom. The Bertz CT molecular complexity index is 325. The zero-order valence-electron chi connectivity index (χ0n) is 11.5. The molecular formula is C13H22N2O4. The molecule has 6 nitrogen and oxygen atoms in total. The molecule has 0 aliphatic heterocycles. The molecule has 2 atom stereocenters. The van der Waals surface area contributed by atoms with E-state index in [4.69, 9.17) is 21.6 Å². The molecule has 3 N–H and O–H groups in total. The minimum absolute atomic E-state index is 0.0796. The first kappa shape index (κ1) is 17.1. The van der Waals surface area contributed by atoms with E-state index < -0.39 is 12.2 Å². The van der Waals surface area contributed by atoms with Crippen molar-refractivity contribution >= 4 is 12.2 Å². The average molecular weight is 270 g/mol. The third kappa shape index (κ3) is 8.77. The molecule has 0 aliphatic carbocycles. The number of nitrogens with two attached hydrogens (primary N) is 1. The molecule has 0 aliphatic rings. The molecule has 0 saturated carbocycles. The van der Waals surface area contributed by atoms with Gasteiger partial charge in [-0.1, -0.05) is 32.6 Å². The zero-order valence-corrected chi connectivity index (χ0v) is 11.5. The lowest BCUT2D eigenvalue weighted by Crippen LogP contribution is -2.31. The lowest BCUT2D eigenvalue weighted by molar-refractivity contribution is 0.0677. The van der Waals surface area contributed by atoms with Crippen LogP contribution < -0.4 is 11.1 Å². The van der Waals surface area contributed by atoms with Gasteiger partial charge in [0.05, 0.1) is 19.8 Å². The van der Waals surface area contributed by atoms with Crippen molar-refractivity contribution in [2.24, 2.45) is 17.6 Å². The molecule has 0 fully saturated rings. The summed E-state index contributed by atoms with van der Waals surface area (Å²) in [6.45, 7) is 4.49. The molecule has 108 valence electrons. The first-order valence-corrected chi connectivity index (χ1v) is 6.27. The molecule has 0 radical (unpaired) electrons. The molecule has 0 bridgehead atoms. The Morgan fingerprint density at radius 1 is 1.37 bits per heavy atom. The number of hydrogen-bond acceptors (Lipinski definition) is 4. The van der Waals surface area contributed by atoms with E-state index in [-0.39, 0.29) is 31.6 Å². The van der Waals surface area contributed by atoms with Crippen LogP contribution in [0.25, 0.3) is 0 Å². The molecule has 0 heterocycles. The number of amides is 2. The van der Waals surface area contributed by atoms with E-state index in [9.17, 15) is 9.59 Å². The number of rotatable bonds is 8. The van der Waals surface area contributed by atoms with Gasteiger partial charge in [-0.15, -0.1) is 6.42 Å². The van der Waals surface area contributed by atoms with Gasteiger partial charge in [-0.2, -0.15) is 0 Å². The second-order valence-electron chi connectivity index (χ2n) is 4.31. The van der Waals surface area contributed by atoms with E-state index in [1.807, 2.05) is 6.92 Å². The number of alkyl carbamates (subject to hydrolysis) is 1. The summed E-state index contributed by atoms with van der Waals surface area (Å²) in [7, 11) is 0. The summed E-state index contributed by atoms with van der Waals surface area (Å²) in [5, 5.41) is 2.39. The maximum Gasteiger partial charge on any atom is 0.407 e. The van der Waals surface area contributed by atoms with Gasteiger partial charge < -0.3 is 20.5 Å². The van der Waals surface area contributed by atoms with Gasteiger partial charge in [0, 0.05) is 5.92 Å². The van der Waals surface area contributed by atoms with Crippen molar-refractivity contribution in [3.05, 3.63) is 0 Å². The van der Waals surface area contributed by atoms with Crippen molar-refractivity contribution in [2.45, 2.75) is 26.7 Å². The molecule has 6 heteroatoms. The quantitative estimate of drug-likeness (QED) is 0.654. The van der Waals surface area contributed by atoms with Gasteiger partial charge in [-0.3, -0.25) is 0 Å². The van der Waals surface area contributed by atoms with E-state index >= 15 is 0 Å². The van der Waals surface area contributed by atoms with Crippen molar-refractivity contribution in [1.82, 2.24) is 5.32 Å².